The van der Waals surface area contributed by atoms with Crippen molar-refractivity contribution in [3.63, 3.8) is 0 Å². The van der Waals surface area contributed by atoms with E-state index in [-0.39, 0.29) is 6.61 Å². The summed E-state index contributed by atoms with van der Waals surface area (Å²) < 4.78 is 5.15. The summed E-state index contributed by atoms with van der Waals surface area (Å²) in [7, 11) is 0. The summed E-state index contributed by atoms with van der Waals surface area (Å²) >= 11 is 0. The van der Waals surface area contributed by atoms with E-state index in [0.717, 1.165) is 6.20 Å². The van der Waals surface area contributed by atoms with Crippen molar-refractivity contribution in [2.75, 3.05) is 6.61 Å². The molecule has 1 aromatic heterocycles. The topological polar surface area (TPSA) is 81.2 Å². The van der Waals surface area contributed by atoms with Crippen molar-refractivity contribution in [3.05, 3.63) is 33.1 Å². The molecular weight excluding hydrogens is 176 g/mol. The van der Waals surface area contributed by atoms with Gasteiger partial charge in [-0.25, -0.2) is 9.36 Å². The summed E-state index contributed by atoms with van der Waals surface area (Å²) in [5, 5.41) is 0. The Hall–Kier alpha value is -1.85. The van der Waals surface area contributed by atoms with E-state index in [1.54, 1.807) is 6.92 Å². The molecule has 1 N–H and O–H groups in total. The van der Waals surface area contributed by atoms with Crippen LogP contribution >= 0.6 is 0 Å². The lowest BCUT2D eigenvalue weighted by atomic mass is 10.7. The number of ether oxygens (including phenoxy) is 1. The number of hydrogen-bond acceptors (Lipinski definition) is 4. The zero-order valence-electron chi connectivity index (χ0n) is 6.94. The molecule has 0 bridgehead atoms. The van der Waals surface area contributed by atoms with Crippen LogP contribution in [0.15, 0.2) is 22.0 Å². The Morgan fingerprint density at radius 2 is 2.31 bits per heavy atom. The molecule has 0 atom stereocenters. The highest BCUT2D eigenvalue weighted by atomic mass is 16.5. The summed E-state index contributed by atoms with van der Waals surface area (Å²) in [5.41, 5.74) is -1.79. The summed E-state index contributed by atoms with van der Waals surface area (Å²) in [6, 6.07) is 0. The lowest BCUT2D eigenvalue weighted by molar-refractivity contribution is 0.152. The van der Waals surface area contributed by atoms with Crippen molar-refractivity contribution >= 4 is 6.09 Å². The van der Waals surface area contributed by atoms with Crippen LogP contribution in [0.5, 0.6) is 0 Å². The highest BCUT2D eigenvalue weighted by Crippen LogP contribution is 1.82. The van der Waals surface area contributed by atoms with Crippen molar-refractivity contribution in [1.29, 1.82) is 0 Å². The van der Waals surface area contributed by atoms with E-state index < -0.39 is 17.2 Å². The van der Waals surface area contributed by atoms with Gasteiger partial charge >= 0.3 is 17.2 Å². The number of aromatic nitrogens is 2. The summed E-state index contributed by atoms with van der Waals surface area (Å²) in [4.78, 5) is 34.9. The van der Waals surface area contributed by atoms with Gasteiger partial charge in [-0.05, 0) is 6.92 Å². The minimum absolute atomic E-state index is 0.151. The quantitative estimate of drug-likeness (QED) is 0.599. The van der Waals surface area contributed by atoms with E-state index in [0.29, 0.717) is 4.57 Å². The van der Waals surface area contributed by atoms with Crippen molar-refractivity contribution < 1.29 is 9.53 Å². The van der Waals surface area contributed by atoms with E-state index in [9.17, 15) is 14.4 Å². The lowest BCUT2D eigenvalue weighted by Crippen LogP contribution is -2.39. The Kier molecular flexibility index (Phi) is 2.63. The Labute approximate surface area is 72.8 Å². The van der Waals surface area contributed by atoms with Gasteiger partial charge in [0.2, 0.25) is 0 Å². The molecule has 0 fully saturated rings. The summed E-state index contributed by atoms with van der Waals surface area (Å²) in [6.07, 6.45) is 1.49. The van der Waals surface area contributed by atoms with Crippen LogP contribution in [0.4, 0.5) is 4.79 Å². The summed E-state index contributed by atoms with van der Waals surface area (Å²) in [6.45, 7) is 1.76. The van der Waals surface area contributed by atoms with Crippen LogP contribution in [-0.2, 0) is 4.74 Å². The minimum atomic E-state index is -0.944. The zero-order valence-corrected chi connectivity index (χ0v) is 6.94. The number of carbonyl (C=O) groups is 1. The van der Waals surface area contributed by atoms with Crippen LogP contribution in [0.1, 0.15) is 6.92 Å². The first-order valence-corrected chi connectivity index (χ1v) is 3.64. The molecule has 0 radical (unpaired) electrons. The molecule has 6 heteroatoms. The van der Waals surface area contributed by atoms with E-state index in [1.807, 2.05) is 0 Å². The molecule has 0 aliphatic carbocycles. The van der Waals surface area contributed by atoms with Gasteiger partial charge in [0.25, 0.3) is 0 Å². The third-order valence-corrected chi connectivity index (χ3v) is 1.32. The first-order chi connectivity index (χ1) is 6.16. The average molecular weight is 184 g/mol. The first-order valence-electron chi connectivity index (χ1n) is 3.64. The molecule has 0 saturated carbocycles. The van der Waals surface area contributed by atoms with Crippen LogP contribution < -0.4 is 11.1 Å². The second kappa shape index (κ2) is 3.70. The van der Waals surface area contributed by atoms with Crippen LogP contribution in [-0.4, -0.2) is 22.3 Å². The van der Waals surface area contributed by atoms with Crippen LogP contribution in [0.25, 0.3) is 0 Å². The van der Waals surface area contributed by atoms with E-state index in [4.69, 9.17) is 0 Å². The molecule has 1 rings (SSSR count). The van der Waals surface area contributed by atoms with Gasteiger partial charge in [-0.15, -0.1) is 0 Å². The number of nitrogens with one attached hydrogen (secondary N) is 1. The Morgan fingerprint density at radius 3 is 2.92 bits per heavy atom. The molecule has 0 amide bonds. The van der Waals surface area contributed by atoms with Gasteiger partial charge in [0.1, 0.15) is 0 Å². The van der Waals surface area contributed by atoms with Gasteiger partial charge in [-0.2, -0.15) is 0 Å². The molecule has 0 saturated heterocycles. The fourth-order valence-electron chi connectivity index (χ4n) is 0.763. The maximum atomic E-state index is 11.0. The Bertz CT molecular complexity index is 417. The Balaban J connectivity index is 3.16. The Morgan fingerprint density at radius 1 is 1.62 bits per heavy atom. The molecule has 6 nitrogen and oxygen atoms in total. The standard InChI is InChI=1S/C7H8N2O4/c1-2-13-7(12)9-4-3-8-5(10)6(9)11/h3-4H,2H2,1H3,(H,8,10). The minimum Gasteiger partial charge on any atom is -0.449 e. The molecule has 70 valence electrons. The maximum absolute atomic E-state index is 11.0. The molecule has 1 heterocycles. The molecule has 0 aromatic carbocycles. The smallest absolute Gasteiger partial charge is 0.421 e. The predicted octanol–water partition coefficient (Wildman–Crippen LogP) is -0.459. The van der Waals surface area contributed by atoms with Gasteiger partial charge in [0.15, 0.2) is 0 Å². The van der Waals surface area contributed by atoms with E-state index >= 15 is 0 Å². The van der Waals surface area contributed by atoms with Crippen LogP contribution in [0.2, 0.25) is 0 Å². The largest absolute Gasteiger partial charge is 0.449 e. The number of aromatic amines is 1. The number of carbonyl (C=O) groups excluding carboxylic acids is 1. The van der Waals surface area contributed by atoms with Gasteiger partial charge in [0, 0.05) is 12.4 Å². The SMILES string of the molecule is CCOC(=O)n1cc[nH]c(=O)c1=O. The number of nitrogens with zero attached hydrogens (tertiary/aromatic N) is 1. The van der Waals surface area contributed by atoms with Gasteiger partial charge < -0.3 is 9.72 Å². The lowest BCUT2D eigenvalue weighted by Gasteiger charge is -2.01. The van der Waals surface area contributed by atoms with Crippen molar-refractivity contribution in [2.24, 2.45) is 0 Å². The van der Waals surface area contributed by atoms with E-state index in [1.165, 1.54) is 6.20 Å². The maximum Gasteiger partial charge on any atom is 0.421 e. The number of hydrogen-bond donors (Lipinski definition) is 1. The number of H-pyrrole nitrogens is 1. The van der Waals surface area contributed by atoms with Crippen LogP contribution in [0, 0.1) is 0 Å². The van der Waals surface area contributed by atoms with E-state index in [2.05, 4.69) is 9.72 Å². The number of rotatable bonds is 1. The predicted molar refractivity (Wildman–Crippen MR) is 43.7 cm³/mol. The highest BCUT2D eigenvalue weighted by Gasteiger charge is 2.08. The average Bonchev–Trinajstić information content (AvgIpc) is 2.10. The second-order valence-corrected chi connectivity index (χ2v) is 2.16. The summed E-state index contributed by atoms with van der Waals surface area (Å²) in [5.74, 6) is 0. The second-order valence-electron chi connectivity index (χ2n) is 2.16. The van der Waals surface area contributed by atoms with Crippen LogP contribution in [0.3, 0.4) is 0 Å². The van der Waals surface area contributed by atoms with Crippen molar-refractivity contribution in [1.82, 2.24) is 9.55 Å². The van der Waals surface area contributed by atoms with Gasteiger partial charge in [0.05, 0.1) is 6.61 Å². The molecule has 0 unspecified atom stereocenters. The molecular formula is C7H8N2O4. The third-order valence-electron chi connectivity index (χ3n) is 1.32. The molecule has 1 aromatic rings. The fraction of sp³-hybridized carbons (Fsp3) is 0.286. The molecule has 0 aliphatic heterocycles. The molecule has 0 spiro atoms. The monoisotopic (exact) mass is 184 g/mol. The van der Waals surface area contributed by atoms with Crippen molar-refractivity contribution in [2.45, 2.75) is 6.92 Å². The fourth-order valence-corrected chi connectivity index (χ4v) is 0.763. The van der Waals surface area contributed by atoms with Gasteiger partial charge in [-0.1, -0.05) is 0 Å². The first kappa shape index (κ1) is 9.24. The molecule has 13 heavy (non-hydrogen) atoms. The van der Waals surface area contributed by atoms with Crippen molar-refractivity contribution in [3.8, 4) is 0 Å². The van der Waals surface area contributed by atoms with Gasteiger partial charge in [-0.3, -0.25) is 9.59 Å². The highest BCUT2D eigenvalue weighted by molar-refractivity contribution is 5.69. The third kappa shape index (κ3) is 1.84. The molecule has 0 aliphatic rings. The zero-order chi connectivity index (χ0) is 9.84. The normalized spacial score (nSPS) is 9.62.